The molecule has 0 fully saturated rings. The number of hydrogen-bond donors (Lipinski definition) is 2. The van der Waals surface area contributed by atoms with Crippen LogP contribution in [0.5, 0.6) is 0 Å². The zero-order valence-corrected chi connectivity index (χ0v) is 10.1. The number of amides is 1. The van der Waals surface area contributed by atoms with Crippen molar-refractivity contribution in [3.8, 4) is 0 Å². The number of thioether (sulfide) groups is 1. The third-order valence-electron chi connectivity index (χ3n) is 2.04. The maximum atomic E-state index is 11.3. The average molecular weight is 243 g/mol. The Kier molecular flexibility index (Phi) is 6.03. The lowest BCUT2D eigenvalue weighted by Crippen LogP contribution is -2.28. The van der Waals surface area contributed by atoms with Gasteiger partial charge in [-0.3, -0.25) is 4.79 Å². The molecule has 1 heterocycles. The molecule has 0 aliphatic carbocycles. The van der Waals surface area contributed by atoms with E-state index < -0.39 is 6.10 Å². The van der Waals surface area contributed by atoms with Crippen LogP contribution in [-0.2, 0) is 4.79 Å². The van der Waals surface area contributed by atoms with Gasteiger partial charge in [-0.25, -0.2) is 0 Å². The quantitative estimate of drug-likeness (QED) is 0.714. The highest BCUT2D eigenvalue weighted by molar-refractivity contribution is 7.99. The Morgan fingerprint density at radius 2 is 2.50 bits per heavy atom. The van der Waals surface area contributed by atoms with Gasteiger partial charge in [0.2, 0.25) is 5.91 Å². The predicted octanol–water partition coefficient (Wildman–Crippen LogP) is 1.57. The fourth-order valence-electron chi connectivity index (χ4n) is 1.19. The molecule has 0 saturated carbocycles. The summed E-state index contributed by atoms with van der Waals surface area (Å²) in [6.07, 6.45) is 1.22. The summed E-state index contributed by atoms with van der Waals surface area (Å²) in [4.78, 5) is 11.3. The van der Waals surface area contributed by atoms with E-state index in [1.165, 1.54) is 6.26 Å². The Labute approximate surface area is 99.4 Å². The summed E-state index contributed by atoms with van der Waals surface area (Å²) in [5.41, 5.74) is 0. The lowest BCUT2D eigenvalue weighted by atomic mass is 10.2. The van der Waals surface area contributed by atoms with Crippen LogP contribution in [0.25, 0.3) is 0 Å². The summed E-state index contributed by atoms with van der Waals surface area (Å²) in [7, 11) is 0. The van der Waals surface area contributed by atoms with Crippen molar-refractivity contribution >= 4 is 17.7 Å². The Morgan fingerprint density at radius 1 is 1.69 bits per heavy atom. The standard InChI is InChI=1S/C11H17NO3S/c1-2-16-7-5-11(14)12-8-9(13)10-4-3-6-15-10/h3-4,6,9,13H,2,5,7-8H2,1H3,(H,12,14). The minimum atomic E-state index is -0.766. The summed E-state index contributed by atoms with van der Waals surface area (Å²) < 4.78 is 5.02. The first-order chi connectivity index (χ1) is 7.74. The third kappa shape index (κ3) is 4.72. The van der Waals surface area contributed by atoms with Gasteiger partial charge in [0.1, 0.15) is 11.9 Å². The van der Waals surface area contributed by atoms with Crippen LogP contribution in [0.1, 0.15) is 25.2 Å². The molecule has 0 spiro atoms. The van der Waals surface area contributed by atoms with E-state index in [2.05, 4.69) is 12.2 Å². The van der Waals surface area contributed by atoms with Crippen molar-refractivity contribution < 1.29 is 14.3 Å². The Bertz CT molecular complexity index is 300. The number of hydrogen-bond acceptors (Lipinski definition) is 4. The van der Waals surface area contributed by atoms with Crippen LogP contribution in [0.2, 0.25) is 0 Å². The second-order valence-corrected chi connectivity index (χ2v) is 4.68. The fraction of sp³-hybridized carbons (Fsp3) is 0.545. The first kappa shape index (κ1) is 13.1. The van der Waals surface area contributed by atoms with Gasteiger partial charge in [-0.2, -0.15) is 11.8 Å². The second kappa shape index (κ2) is 7.35. The zero-order chi connectivity index (χ0) is 11.8. The molecular formula is C11H17NO3S. The summed E-state index contributed by atoms with van der Waals surface area (Å²) in [6, 6.07) is 3.39. The van der Waals surface area contributed by atoms with E-state index in [1.807, 2.05) is 0 Å². The first-order valence-corrected chi connectivity index (χ1v) is 6.45. The van der Waals surface area contributed by atoms with E-state index in [4.69, 9.17) is 4.42 Å². The Hall–Kier alpha value is -0.940. The van der Waals surface area contributed by atoms with Crippen molar-refractivity contribution in [2.24, 2.45) is 0 Å². The van der Waals surface area contributed by atoms with Crippen molar-refractivity contribution in [1.82, 2.24) is 5.32 Å². The molecule has 2 N–H and O–H groups in total. The van der Waals surface area contributed by atoms with E-state index in [0.717, 1.165) is 11.5 Å². The molecule has 0 saturated heterocycles. The lowest BCUT2D eigenvalue weighted by molar-refractivity contribution is -0.121. The molecule has 0 aliphatic rings. The van der Waals surface area contributed by atoms with Gasteiger partial charge in [0.25, 0.3) is 0 Å². The van der Waals surface area contributed by atoms with Crippen molar-refractivity contribution in [2.75, 3.05) is 18.1 Å². The van der Waals surface area contributed by atoms with Crippen molar-refractivity contribution in [1.29, 1.82) is 0 Å². The van der Waals surface area contributed by atoms with E-state index in [1.54, 1.807) is 23.9 Å². The highest BCUT2D eigenvalue weighted by Gasteiger charge is 2.11. The number of aliphatic hydroxyl groups is 1. The second-order valence-electron chi connectivity index (χ2n) is 3.28. The minimum Gasteiger partial charge on any atom is -0.467 e. The SMILES string of the molecule is CCSCCC(=O)NCC(O)c1ccco1. The van der Waals surface area contributed by atoms with Gasteiger partial charge in [0, 0.05) is 12.2 Å². The molecule has 0 aromatic carbocycles. The predicted molar refractivity (Wildman–Crippen MR) is 64.3 cm³/mol. The fourth-order valence-corrected chi connectivity index (χ4v) is 1.81. The average Bonchev–Trinajstić information content (AvgIpc) is 2.79. The maximum Gasteiger partial charge on any atom is 0.220 e. The highest BCUT2D eigenvalue weighted by Crippen LogP contribution is 2.11. The monoisotopic (exact) mass is 243 g/mol. The van der Waals surface area contributed by atoms with E-state index >= 15 is 0 Å². The summed E-state index contributed by atoms with van der Waals surface area (Å²) in [5.74, 6) is 2.27. The van der Waals surface area contributed by atoms with Gasteiger partial charge >= 0.3 is 0 Å². The molecule has 0 radical (unpaired) electrons. The van der Waals surface area contributed by atoms with Crippen LogP contribution in [0.15, 0.2) is 22.8 Å². The van der Waals surface area contributed by atoms with Gasteiger partial charge in [-0.15, -0.1) is 0 Å². The molecule has 16 heavy (non-hydrogen) atoms. The number of furan rings is 1. The normalized spacial score (nSPS) is 12.4. The van der Waals surface area contributed by atoms with Crippen molar-refractivity contribution in [2.45, 2.75) is 19.4 Å². The van der Waals surface area contributed by atoms with Crippen LogP contribution in [-0.4, -0.2) is 29.1 Å². The largest absolute Gasteiger partial charge is 0.467 e. The van der Waals surface area contributed by atoms with Crippen molar-refractivity contribution in [3.05, 3.63) is 24.2 Å². The Balaban J connectivity index is 2.16. The van der Waals surface area contributed by atoms with E-state index in [0.29, 0.717) is 12.2 Å². The zero-order valence-electron chi connectivity index (χ0n) is 9.31. The van der Waals surface area contributed by atoms with Crippen LogP contribution in [0, 0.1) is 0 Å². The summed E-state index contributed by atoms with van der Waals surface area (Å²) in [6.45, 7) is 2.26. The Morgan fingerprint density at radius 3 is 3.12 bits per heavy atom. The molecular weight excluding hydrogens is 226 g/mol. The third-order valence-corrected chi connectivity index (χ3v) is 2.94. The van der Waals surface area contributed by atoms with Crippen LogP contribution in [0.3, 0.4) is 0 Å². The molecule has 1 aromatic rings. The highest BCUT2D eigenvalue weighted by atomic mass is 32.2. The van der Waals surface area contributed by atoms with Crippen LogP contribution in [0.4, 0.5) is 0 Å². The lowest BCUT2D eigenvalue weighted by Gasteiger charge is -2.09. The number of rotatable bonds is 7. The van der Waals surface area contributed by atoms with E-state index in [-0.39, 0.29) is 12.5 Å². The number of carbonyl (C=O) groups is 1. The number of nitrogens with one attached hydrogen (secondary N) is 1. The number of aliphatic hydroxyl groups excluding tert-OH is 1. The number of carbonyl (C=O) groups excluding carboxylic acids is 1. The molecule has 1 amide bonds. The summed E-state index contributed by atoms with van der Waals surface area (Å²) in [5, 5.41) is 12.3. The topological polar surface area (TPSA) is 62.5 Å². The first-order valence-electron chi connectivity index (χ1n) is 5.30. The van der Waals surface area contributed by atoms with Crippen LogP contribution < -0.4 is 5.32 Å². The van der Waals surface area contributed by atoms with Gasteiger partial charge in [0.15, 0.2) is 0 Å². The molecule has 4 nitrogen and oxygen atoms in total. The summed E-state index contributed by atoms with van der Waals surface area (Å²) >= 11 is 1.73. The smallest absolute Gasteiger partial charge is 0.220 e. The molecule has 1 aromatic heterocycles. The van der Waals surface area contributed by atoms with Crippen molar-refractivity contribution in [3.63, 3.8) is 0 Å². The molecule has 90 valence electrons. The van der Waals surface area contributed by atoms with Gasteiger partial charge < -0.3 is 14.8 Å². The van der Waals surface area contributed by atoms with Gasteiger partial charge in [-0.1, -0.05) is 6.92 Å². The van der Waals surface area contributed by atoms with Gasteiger partial charge in [0.05, 0.1) is 12.8 Å². The van der Waals surface area contributed by atoms with Gasteiger partial charge in [-0.05, 0) is 17.9 Å². The molecule has 1 atom stereocenters. The minimum absolute atomic E-state index is 0.0356. The van der Waals surface area contributed by atoms with Crippen LogP contribution >= 0.6 is 11.8 Å². The molecule has 0 aliphatic heterocycles. The van der Waals surface area contributed by atoms with E-state index in [9.17, 15) is 9.90 Å². The molecule has 1 rings (SSSR count). The maximum absolute atomic E-state index is 11.3. The molecule has 5 heteroatoms. The molecule has 0 bridgehead atoms. The molecule has 1 unspecified atom stereocenters.